The molecule has 0 radical (unpaired) electrons. The van der Waals surface area contributed by atoms with E-state index in [0.29, 0.717) is 23.4 Å². The number of hydrogen-bond acceptors (Lipinski definition) is 5. The third-order valence-electron chi connectivity index (χ3n) is 2.17. The molecule has 2 aromatic rings. The zero-order valence-electron chi connectivity index (χ0n) is 9.61. The predicted octanol–water partition coefficient (Wildman–Crippen LogP) is 1.80. The van der Waals surface area contributed by atoms with Crippen LogP contribution in [-0.4, -0.2) is 25.1 Å². The van der Waals surface area contributed by atoms with Crippen LogP contribution in [0.2, 0.25) is 0 Å². The molecule has 3 N–H and O–H groups in total. The SMILES string of the molecule is CC(C)Cc1nc(-c2ncn[nH]2)nc(N)c1Br. The van der Waals surface area contributed by atoms with E-state index in [1.54, 1.807) is 0 Å². The van der Waals surface area contributed by atoms with E-state index in [1.165, 1.54) is 6.33 Å². The number of rotatable bonds is 3. The van der Waals surface area contributed by atoms with Gasteiger partial charge in [-0.2, -0.15) is 5.10 Å². The maximum absolute atomic E-state index is 5.84. The normalized spacial score (nSPS) is 11.1. The fraction of sp³-hybridized carbons (Fsp3) is 0.400. The lowest BCUT2D eigenvalue weighted by atomic mass is 10.1. The molecule has 0 fully saturated rings. The first-order valence-electron chi connectivity index (χ1n) is 5.25. The Kier molecular flexibility index (Phi) is 3.37. The summed E-state index contributed by atoms with van der Waals surface area (Å²) in [6.07, 6.45) is 2.24. The van der Waals surface area contributed by atoms with Crippen molar-refractivity contribution < 1.29 is 0 Å². The first kappa shape index (κ1) is 12.0. The van der Waals surface area contributed by atoms with Crippen molar-refractivity contribution in [2.24, 2.45) is 5.92 Å². The summed E-state index contributed by atoms with van der Waals surface area (Å²) in [7, 11) is 0. The van der Waals surface area contributed by atoms with Crippen LogP contribution < -0.4 is 5.73 Å². The number of aromatic amines is 1. The van der Waals surface area contributed by atoms with Gasteiger partial charge in [-0.15, -0.1) is 0 Å². The number of nitrogens with zero attached hydrogens (tertiary/aromatic N) is 4. The van der Waals surface area contributed by atoms with Crippen LogP contribution in [0.5, 0.6) is 0 Å². The minimum atomic E-state index is 0.419. The van der Waals surface area contributed by atoms with Gasteiger partial charge in [0.25, 0.3) is 0 Å². The molecule has 2 heterocycles. The molecular formula is C10H13BrN6. The lowest BCUT2D eigenvalue weighted by Crippen LogP contribution is -2.06. The Balaban J connectivity index is 2.46. The number of anilines is 1. The van der Waals surface area contributed by atoms with E-state index >= 15 is 0 Å². The topological polar surface area (TPSA) is 93.4 Å². The lowest BCUT2D eigenvalue weighted by Gasteiger charge is -2.09. The second-order valence-corrected chi connectivity index (χ2v) is 4.92. The van der Waals surface area contributed by atoms with Gasteiger partial charge in [-0.1, -0.05) is 13.8 Å². The maximum Gasteiger partial charge on any atom is 0.199 e. The highest BCUT2D eigenvalue weighted by atomic mass is 79.9. The van der Waals surface area contributed by atoms with E-state index in [-0.39, 0.29) is 0 Å². The summed E-state index contributed by atoms with van der Waals surface area (Å²) < 4.78 is 0.759. The van der Waals surface area contributed by atoms with Crippen molar-refractivity contribution in [3.63, 3.8) is 0 Å². The molecular weight excluding hydrogens is 284 g/mol. The fourth-order valence-corrected chi connectivity index (χ4v) is 1.79. The second kappa shape index (κ2) is 4.79. The Morgan fingerprint density at radius 1 is 1.41 bits per heavy atom. The smallest absolute Gasteiger partial charge is 0.199 e. The third kappa shape index (κ3) is 2.60. The zero-order valence-corrected chi connectivity index (χ0v) is 11.2. The average Bonchev–Trinajstić information content (AvgIpc) is 2.77. The van der Waals surface area contributed by atoms with Gasteiger partial charge in [-0.3, -0.25) is 5.10 Å². The minimum absolute atomic E-state index is 0.419. The average molecular weight is 297 g/mol. The Hall–Kier alpha value is -1.50. The van der Waals surface area contributed by atoms with E-state index in [4.69, 9.17) is 5.73 Å². The largest absolute Gasteiger partial charge is 0.383 e. The molecule has 0 bridgehead atoms. The van der Waals surface area contributed by atoms with Gasteiger partial charge in [-0.05, 0) is 28.3 Å². The van der Waals surface area contributed by atoms with Crippen LogP contribution in [-0.2, 0) is 6.42 Å². The molecule has 2 aromatic heterocycles. The quantitative estimate of drug-likeness (QED) is 0.901. The molecule has 7 heteroatoms. The van der Waals surface area contributed by atoms with E-state index in [9.17, 15) is 0 Å². The Bertz CT molecular complexity index is 508. The highest BCUT2D eigenvalue weighted by Crippen LogP contribution is 2.25. The lowest BCUT2D eigenvalue weighted by molar-refractivity contribution is 0.632. The van der Waals surface area contributed by atoms with Crippen molar-refractivity contribution in [1.82, 2.24) is 25.1 Å². The minimum Gasteiger partial charge on any atom is -0.383 e. The van der Waals surface area contributed by atoms with E-state index < -0.39 is 0 Å². The van der Waals surface area contributed by atoms with Gasteiger partial charge in [0.05, 0.1) is 10.2 Å². The summed E-state index contributed by atoms with van der Waals surface area (Å²) >= 11 is 3.41. The molecule has 6 nitrogen and oxygen atoms in total. The monoisotopic (exact) mass is 296 g/mol. The van der Waals surface area contributed by atoms with Gasteiger partial charge >= 0.3 is 0 Å². The molecule has 0 atom stereocenters. The number of nitrogen functional groups attached to an aromatic ring is 1. The van der Waals surface area contributed by atoms with E-state index in [0.717, 1.165) is 16.6 Å². The molecule has 0 saturated heterocycles. The highest BCUT2D eigenvalue weighted by Gasteiger charge is 2.13. The number of nitrogens with two attached hydrogens (primary N) is 1. The van der Waals surface area contributed by atoms with Gasteiger partial charge in [0.15, 0.2) is 11.6 Å². The molecule has 0 saturated carbocycles. The molecule has 2 rings (SSSR count). The van der Waals surface area contributed by atoms with Crippen molar-refractivity contribution >= 4 is 21.7 Å². The molecule has 0 aliphatic carbocycles. The van der Waals surface area contributed by atoms with E-state index in [1.807, 2.05) is 0 Å². The number of nitrogens with one attached hydrogen (secondary N) is 1. The molecule has 0 aromatic carbocycles. The Morgan fingerprint density at radius 3 is 2.76 bits per heavy atom. The summed E-state index contributed by atoms with van der Waals surface area (Å²) in [4.78, 5) is 12.6. The summed E-state index contributed by atoms with van der Waals surface area (Å²) in [6, 6.07) is 0. The van der Waals surface area contributed by atoms with Crippen LogP contribution in [0.1, 0.15) is 19.5 Å². The van der Waals surface area contributed by atoms with Crippen molar-refractivity contribution in [2.45, 2.75) is 20.3 Å². The van der Waals surface area contributed by atoms with Crippen LogP contribution >= 0.6 is 15.9 Å². The van der Waals surface area contributed by atoms with Crippen molar-refractivity contribution in [1.29, 1.82) is 0 Å². The summed E-state index contributed by atoms with van der Waals surface area (Å²) in [5.74, 6) is 1.90. The molecule has 0 unspecified atom stereocenters. The summed E-state index contributed by atoms with van der Waals surface area (Å²) in [5.41, 5.74) is 6.73. The van der Waals surface area contributed by atoms with Gasteiger partial charge in [-0.25, -0.2) is 15.0 Å². The standard InChI is InChI=1S/C10H13BrN6/c1-5(2)3-6-7(11)8(12)16-10(15-6)9-13-4-14-17-9/h4-5H,3H2,1-2H3,(H2,12,15,16)(H,13,14,17). The Morgan fingerprint density at radius 2 is 2.18 bits per heavy atom. The summed E-state index contributed by atoms with van der Waals surface area (Å²) in [5, 5.41) is 6.50. The number of hydrogen-bond donors (Lipinski definition) is 2. The highest BCUT2D eigenvalue weighted by molar-refractivity contribution is 9.10. The number of halogens is 1. The zero-order chi connectivity index (χ0) is 12.4. The summed E-state index contributed by atoms with van der Waals surface area (Å²) in [6.45, 7) is 4.25. The molecule has 0 aliphatic rings. The number of aromatic nitrogens is 5. The molecule has 90 valence electrons. The van der Waals surface area contributed by atoms with Crippen molar-refractivity contribution in [3.05, 3.63) is 16.5 Å². The molecule has 0 amide bonds. The number of H-pyrrole nitrogens is 1. The van der Waals surface area contributed by atoms with E-state index in [2.05, 4.69) is 54.9 Å². The van der Waals surface area contributed by atoms with Crippen molar-refractivity contribution in [3.8, 4) is 11.6 Å². The third-order valence-corrected chi connectivity index (χ3v) is 3.04. The van der Waals surface area contributed by atoms with Crippen LogP contribution in [0.4, 0.5) is 5.82 Å². The second-order valence-electron chi connectivity index (χ2n) is 4.13. The molecule has 0 aliphatic heterocycles. The first-order chi connectivity index (χ1) is 8.08. The fourth-order valence-electron chi connectivity index (χ4n) is 1.45. The first-order valence-corrected chi connectivity index (χ1v) is 6.05. The van der Waals surface area contributed by atoms with Gasteiger partial charge in [0.1, 0.15) is 12.1 Å². The van der Waals surface area contributed by atoms with Crippen LogP contribution in [0.25, 0.3) is 11.6 Å². The van der Waals surface area contributed by atoms with Gasteiger partial charge < -0.3 is 5.73 Å². The van der Waals surface area contributed by atoms with Gasteiger partial charge in [0.2, 0.25) is 0 Å². The van der Waals surface area contributed by atoms with Crippen LogP contribution in [0.15, 0.2) is 10.8 Å². The predicted molar refractivity (Wildman–Crippen MR) is 68.1 cm³/mol. The van der Waals surface area contributed by atoms with Crippen molar-refractivity contribution in [2.75, 3.05) is 5.73 Å². The maximum atomic E-state index is 5.84. The van der Waals surface area contributed by atoms with Crippen LogP contribution in [0.3, 0.4) is 0 Å². The van der Waals surface area contributed by atoms with Crippen LogP contribution in [0, 0.1) is 5.92 Å². The Labute approximate surface area is 107 Å². The van der Waals surface area contributed by atoms with Gasteiger partial charge in [0, 0.05) is 0 Å². The molecule has 17 heavy (non-hydrogen) atoms. The molecule has 0 spiro atoms.